The molecule has 1 fully saturated rings. The highest BCUT2D eigenvalue weighted by molar-refractivity contribution is 6.35. The van der Waals surface area contributed by atoms with Crippen LogP contribution in [0, 0.1) is 12.7 Å². The number of carbonyl (C=O) groups excluding carboxylic acids is 1. The largest absolute Gasteiger partial charge is 0.463 e. The number of ether oxygens (including phenoxy) is 1. The van der Waals surface area contributed by atoms with Crippen LogP contribution in [0.2, 0.25) is 5.02 Å². The molecule has 0 unspecified atom stereocenters. The van der Waals surface area contributed by atoms with E-state index in [9.17, 15) is 4.79 Å². The second-order valence-corrected chi connectivity index (χ2v) is 11.1. The molecule has 0 aliphatic carbocycles. The Bertz CT molecular complexity index is 1850. The normalized spacial score (nSPS) is 17.0. The summed E-state index contributed by atoms with van der Waals surface area (Å²) in [6.07, 6.45) is 6.73. The Kier molecular flexibility index (Phi) is 7.66. The maximum Gasteiger partial charge on any atom is 0.319 e. The van der Waals surface area contributed by atoms with Gasteiger partial charge in [-0.15, -0.1) is 0 Å². The van der Waals surface area contributed by atoms with Crippen molar-refractivity contribution >= 4 is 45.1 Å². The lowest BCUT2D eigenvalue weighted by molar-refractivity contribution is -0.128. The number of hydrogen-bond acceptors (Lipinski definition) is 8. The number of nitrogens with one attached hydrogen (secondary N) is 1. The van der Waals surface area contributed by atoms with Crippen LogP contribution in [-0.2, 0) is 11.2 Å². The van der Waals surface area contributed by atoms with Crippen molar-refractivity contribution in [2.24, 2.45) is 0 Å². The fourth-order valence-corrected chi connectivity index (χ4v) is 5.96. The molecule has 1 N–H and O–H groups in total. The van der Waals surface area contributed by atoms with Crippen LogP contribution in [0.5, 0.6) is 6.01 Å². The van der Waals surface area contributed by atoms with Gasteiger partial charge < -0.3 is 14.5 Å². The van der Waals surface area contributed by atoms with E-state index in [4.69, 9.17) is 21.3 Å². The first kappa shape index (κ1) is 28.5. The van der Waals surface area contributed by atoms with Gasteiger partial charge >= 0.3 is 6.01 Å². The molecule has 3 aromatic heterocycles. The second-order valence-electron chi connectivity index (χ2n) is 10.7. The minimum absolute atomic E-state index is 0.0216. The van der Waals surface area contributed by atoms with E-state index < -0.39 is 5.82 Å². The minimum Gasteiger partial charge on any atom is -0.463 e. The molecule has 0 spiro atoms. The van der Waals surface area contributed by atoms with Crippen molar-refractivity contribution in [2.75, 3.05) is 24.6 Å². The van der Waals surface area contributed by atoms with Crippen LogP contribution in [0.25, 0.3) is 32.9 Å². The second kappa shape index (κ2) is 11.6. The number of nitrogens with zero attached hydrogens (tertiary/aromatic N) is 7. The zero-order valence-electron chi connectivity index (χ0n) is 24.0. The molecule has 0 saturated carbocycles. The van der Waals surface area contributed by atoms with E-state index in [-0.39, 0.29) is 46.7 Å². The first-order chi connectivity index (χ1) is 20.8. The number of aromatic nitrogens is 6. The van der Waals surface area contributed by atoms with E-state index in [1.807, 2.05) is 37.8 Å². The number of H-pyrrole nitrogens is 1. The molecule has 1 aliphatic heterocycles. The molecule has 0 bridgehead atoms. The number of aromatic amines is 1. The molecular formula is C31H30ClFN8O2. The number of halogens is 2. The molecule has 2 aromatic carbocycles. The lowest BCUT2D eigenvalue weighted by Crippen LogP contribution is -2.58. The van der Waals surface area contributed by atoms with Crippen molar-refractivity contribution in [3.8, 4) is 17.1 Å². The molecule has 10 nitrogen and oxygen atoms in total. The smallest absolute Gasteiger partial charge is 0.319 e. The number of benzene rings is 2. The molecule has 220 valence electrons. The van der Waals surface area contributed by atoms with Crippen molar-refractivity contribution in [3.05, 3.63) is 77.7 Å². The molecule has 1 aliphatic rings. The Balaban J connectivity index is 1.48. The molecule has 6 rings (SSSR count). The first-order valence-electron chi connectivity index (χ1n) is 14.0. The van der Waals surface area contributed by atoms with Gasteiger partial charge in [-0.05, 0) is 50.6 Å². The van der Waals surface area contributed by atoms with Crippen LogP contribution in [0.4, 0.5) is 10.2 Å². The standard InChI is InChI=1S/C31H30ClFN8O2/c1-5-25(42)40-15-19(4)41(16-18(40)3)30-20-13-22(32)27(26-17(2)7-8-23-21(26)14-36-39-23)28(33)29(20)37-31(38-30)43-12-9-24-34-10-6-11-35-24/h5-8,10-11,13-14,18-19H,1,9,12,15-16H2,2-4H3,(H,36,39)/t18-,19+/m1/s1. The number of anilines is 1. The Hall–Kier alpha value is -4.64. The van der Waals surface area contributed by atoms with Gasteiger partial charge in [-0.3, -0.25) is 9.89 Å². The number of hydrogen-bond donors (Lipinski definition) is 1. The first-order valence-corrected chi connectivity index (χ1v) is 14.4. The molecule has 12 heteroatoms. The summed E-state index contributed by atoms with van der Waals surface area (Å²) >= 11 is 6.88. The monoisotopic (exact) mass is 600 g/mol. The zero-order valence-corrected chi connectivity index (χ0v) is 24.8. The van der Waals surface area contributed by atoms with E-state index in [1.165, 1.54) is 6.08 Å². The fourth-order valence-electron chi connectivity index (χ4n) is 5.67. The third-order valence-corrected chi connectivity index (χ3v) is 8.11. The van der Waals surface area contributed by atoms with Gasteiger partial charge in [0, 0.05) is 65.9 Å². The van der Waals surface area contributed by atoms with Gasteiger partial charge in [0.15, 0.2) is 5.82 Å². The summed E-state index contributed by atoms with van der Waals surface area (Å²) in [4.78, 5) is 34.1. The predicted octanol–water partition coefficient (Wildman–Crippen LogP) is 5.30. The highest BCUT2D eigenvalue weighted by Gasteiger charge is 2.34. The van der Waals surface area contributed by atoms with E-state index in [0.717, 1.165) is 16.5 Å². The molecule has 4 heterocycles. The predicted molar refractivity (Wildman–Crippen MR) is 164 cm³/mol. The van der Waals surface area contributed by atoms with Crippen molar-refractivity contribution in [3.63, 3.8) is 0 Å². The number of piperazine rings is 1. The Morgan fingerprint density at radius 1 is 1.16 bits per heavy atom. The van der Waals surface area contributed by atoms with Crippen LogP contribution < -0.4 is 9.64 Å². The molecule has 2 atom stereocenters. The fraction of sp³-hybridized carbons (Fsp3) is 0.290. The molecule has 43 heavy (non-hydrogen) atoms. The van der Waals surface area contributed by atoms with Crippen LogP contribution in [0.15, 0.2) is 55.5 Å². The Morgan fingerprint density at radius 3 is 2.72 bits per heavy atom. The molecule has 1 amide bonds. The quantitative estimate of drug-likeness (QED) is 0.251. The summed E-state index contributed by atoms with van der Waals surface area (Å²) in [5.74, 6) is 0.367. The summed E-state index contributed by atoms with van der Waals surface area (Å²) < 4.78 is 22.7. The van der Waals surface area contributed by atoms with Gasteiger partial charge in [0.1, 0.15) is 17.2 Å². The van der Waals surface area contributed by atoms with Crippen molar-refractivity contribution in [1.82, 2.24) is 35.0 Å². The Labute approximate surface area is 252 Å². The summed E-state index contributed by atoms with van der Waals surface area (Å²) in [6.45, 7) is 10.6. The zero-order chi connectivity index (χ0) is 30.2. The minimum atomic E-state index is -0.583. The van der Waals surface area contributed by atoms with Crippen LogP contribution >= 0.6 is 11.6 Å². The van der Waals surface area contributed by atoms with Crippen LogP contribution in [-0.4, -0.2) is 72.7 Å². The van der Waals surface area contributed by atoms with E-state index >= 15 is 4.39 Å². The third kappa shape index (κ3) is 5.25. The maximum atomic E-state index is 16.8. The molecule has 5 aromatic rings. The summed E-state index contributed by atoms with van der Waals surface area (Å²) in [5, 5.41) is 8.52. The lowest BCUT2D eigenvalue weighted by atomic mass is 9.95. The van der Waals surface area contributed by atoms with E-state index in [0.29, 0.717) is 42.1 Å². The summed E-state index contributed by atoms with van der Waals surface area (Å²) in [6, 6.07) is 6.98. The average molecular weight is 601 g/mol. The van der Waals surface area contributed by atoms with Crippen molar-refractivity contribution < 1.29 is 13.9 Å². The molecular weight excluding hydrogens is 571 g/mol. The van der Waals surface area contributed by atoms with Gasteiger partial charge in [0.25, 0.3) is 0 Å². The SMILES string of the molecule is C=CC(=O)N1C[C@H](C)N(c2nc(OCCc3ncccn3)nc3c(F)c(-c4c(C)ccc5[nH]ncc45)c(Cl)cc23)C[C@H]1C. The highest BCUT2D eigenvalue weighted by Crippen LogP contribution is 2.42. The van der Waals surface area contributed by atoms with Gasteiger partial charge in [-0.1, -0.05) is 24.2 Å². The van der Waals surface area contributed by atoms with Crippen molar-refractivity contribution in [1.29, 1.82) is 0 Å². The number of rotatable bonds is 7. The van der Waals surface area contributed by atoms with Crippen LogP contribution in [0.3, 0.4) is 0 Å². The number of amides is 1. The number of aryl methyl sites for hydroxylation is 1. The topological polar surface area (TPSA) is 113 Å². The third-order valence-electron chi connectivity index (χ3n) is 7.82. The highest BCUT2D eigenvalue weighted by atomic mass is 35.5. The van der Waals surface area contributed by atoms with E-state index in [1.54, 1.807) is 35.6 Å². The van der Waals surface area contributed by atoms with Gasteiger partial charge in [0.2, 0.25) is 5.91 Å². The number of fused-ring (bicyclic) bond motifs is 2. The summed E-state index contributed by atoms with van der Waals surface area (Å²) in [5.41, 5.74) is 2.56. The van der Waals surface area contributed by atoms with Crippen molar-refractivity contribution in [2.45, 2.75) is 39.3 Å². The molecule has 1 saturated heterocycles. The van der Waals surface area contributed by atoms with E-state index in [2.05, 4.69) is 31.7 Å². The maximum absolute atomic E-state index is 16.8. The Morgan fingerprint density at radius 2 is 1.95 bits per heavy atom. The van der Waals surface area contributed by atoms with Gasteiger partial charge in [0.05, 0.1) is 23.3 Å². The summed E-state index contributed by atoms with van der Waals surface area (Å²) in [7, 11) is 0. The number of carbonyl (C=O) groups is 1. The lowest BCUT2D eigenvalue weighted by Gasteiger charge is -2.44. The average Bonchev–Trinajstić information content (AvgIpc) is 3.48. The van der Waals surface area contributed by atoms with Crippen LogP contribution in [0.1, 0.15) is 25.2 Å². The molecule has 0 radical (unpaired) electrons. The van der Waals surface area contributed by atoms with Gasteiger partial charge in [-0.2, -0.15) is 15.1 Å². The van der Waals surface area contributed by atoms with Gasteiger partial charge in [-0.25, -0.2) is 14.4 Å².